The second-order valence-electron chi connectivity index (χ2n) is 4.37. The lowest BCUT2D eigenvalue weighted by molar-refractivity contribution is -0.113. The molecule has 2 aromatic rings. The molecule has 0 atom stereocenters. The van der Waals surface area contributed by atoms with Gasteiger partial charge in [0.25, 0.3) is 0 Å². The van der Waals surface area contributed by atoms with Gasteiger partial charge in [0, 0.05) is 16.3 Å². The fourth-order valence-electron chi connectivity index (χ4n) is 1.65. The Morgan fingerprint density at radius 2 is 1.95 bits per heavy atom. The summed E-state index contributed by atoms with van der Waals surface area (Å²) in [6.45, 7) is 1.97. The van der Waals surface area contributed by atoms with Crippen molar-refractivity contribution in [3.05, 3.63) is 53.8 Å². The van der Waals surface area contributed by atoms with Crippen LogP contribution in [-0.2, 0) is 4.79 Å². The van der Waals surface area contributed by atoms with Gasteiger partial charge in [-0.1, -0.05) is 6.07 Å². The van der Waals surface area contributed by atoms with Crippen molar-refractivity contribution >= 4 is 29.0 Å². The Hall–Kier alpha value is -2.01. The van der Waals surface area contributed by atoms with Crippen LogP contribution in [0.25, 0.3) is 0 Å². The molecule has 1 amide bonds. The molecule has 0 heterocycles. The molecule has 104 valence electrons. The van der Waals surface area contributed by atoms with Crippen molar-refractivity contribution in [2.45, 2.75) is 11.8 Å². The van der Waals surface area contributed by atoms with E-state index >= 15 is 0 Å². The Morgan fingerprint density at radius 1 is 1.25 bits per heavy atom. The summed E-state index contributed by atoms with van der Waals surface area (Å²) in [5.41, 5.74) is 8.07. The van der Waals surface area contributed by atoms with E-state index in [4.69, 9.17) is 5.73 Å². The quantitative estimate of drug-likeness (QED) is 0.670. The molecule has 0 aliphatic carbocycles. The number of nitrogens with one attached hydrogen (secondary N) is 1. The van der Waals surface area contributed by atoms with Crippen molar-refractivity contribution in [2.24, 2.45) is 0 Å². The fourth-order valence-corrected chi connectivity index (χ4v) is 2.52. The number of thioether (sulfide) groups is 1. The summed E-state index contributed by atoms with van der Waals surface area (Å²) in [7, 11) is 0. The number of carbonyl (C=O) groups excluding carboxylic acids is 1. The molecule has 0 saturated carbocycles. The van der Waals surface area contributed by atoms with Crippen LogP contribution in [0.3, 0.4) is 0 Å². The van der Waals surface area contributed by atoms with Crippen LogP contribution >= 0.6 is 11.8 Å². The molecule has 3 N–H and O–H groups in total. The fraction of sp³-hybridized carbons (Fsp3) is 0.133. The summed E-state index contributed by atoms with van der Waals surface area (Å²) in [4.78, 5) is 12.8. The van der Waals surface area contributed by atoms with Crippen LogP contribution in [0.4, 0.5) is 15.8 Å². The number of nitrogen functional groups attached to an aromatic ring is 1. The minimum absolute atomic E-state index is 0.136. The standard InChI is InChI=1S/C15H15FN2OS/c1-10-2-5-12(17)8-14(10)20-9-15(19)18-13-6-3-11(16)4-7-13/h2-8H,9,17H2,1H3,(H,18,19). The average Bonchev–Trinajstić information content (AvgIpc) is 2.42. The number of halogens is 1. The summed E-state index contributed by atoms with van der Waals surface area (Å²) >= 11 is 1.43. The monoisotopic (exact) mass is 290 g/mol. The highest BCUT2D eigenvalue weighted by molar-refractivity contribution is 8.00. The maximum absolute atomic E-state index is 12.7. The molecule has 0 bridgehead atoms. The van der Waals surface area contributed by atoms with E-state index in [-0.39, 0.29) is 17.5 Å². The van der Waals surface area contributed by atoms with Crippen molar-refractivity contribution in [2.75, 3.05) is 16.8 Å². The molecular formula is C15H15FN2OS. The lowest BCUT2D eigenvalue weighted by Gasteiger charge is -2.07. The number of aryl methyl sites for hydroxylation is 1. The molecule has 2 rings (SSSR count). The van der Waals surface area contributed by atoms with Gasteiger partial charge in [0.1, 0.15) is 5.82 Å². The number of amides is 1. The van der Waals surface area contributed by atoms with Crippen LogP contribution in [0.2, 0.25) is 0 Å². The minimum atomic E-state index is -0.326. The average molecular weight is 290 g/mol. The third-order valence-electron chi connectivity index (χ3n) is 2.70. The summed E-state index contributed by atoms with van der Waals surface area (Å²) in [5.74, 6) is -0.182. The number of carbonyl (C=O) groups is 1. The third kappa shape index (κ3) is 3.99. The third-order valence-corrected chi connectivity index (χ3v) is 3.86. The van der Waals surface area contributed by atoms with Gasteiger partial charge in [0.05, 0.1) is 5.75 Å². The molecule has 0 aliphatic rings. The predicted molar refractivity (Wildman–Crippen MR) is 81.3 cm³/mol. The largest absolute Gasteiger partial charge is 0.399 e. The first-order valence-corrected chi connectivity index (χ1v) is 7.07. The normalized spacial score (nSPS) is 10.3. The zero-order chi connectivity index (χ0) is 14.5. The van der Waals surface area contributed by atoms with E-state index in [1.165, 1.54) is 36.0 Å². The highest BCUT2D eigenvalue weighted by Crippen LogP contribution is 2.24. The minimum Gasteiger partial charge on any atom is -0.399 e. The van der Waals surface area contributed by atoms with E-state index in [0.29, 0.717) is 11.4 Å². The van der Waals surface area contributed by atoms with E-state index in [1.54, 1.807) is 0 Å². The maximum atomic E-state index is 12.7. The topological polar surface area (TPSA) is 55.1 Å². The molecule has 3 nitrogen and oxygen atoms in total. The highest BCUT2D eigenvalue weighted by atomic mass is 32.2. The molecule has 2 aromatic carbocycles. The van der Waals surface area contributed by atoms with Crippen LogP contribution in [-0.4, -0.2) is 11.7 Å². The van der Waals surface area contributed by atoms with Crippen LogP contribution in [0.15, 0.2) is 47.4 Å². The second kappa shape index (κ2) is 6.43. The molecule has 0 aromatic heterocycles. The Bertz CT molecular complexity index is 614. The van der Waals surface area contributed by atoms with Crippen molar-refractivity contribution in [3.8, 4) is 0 Å². The first kappa shape index (κ1) is 14.4. The second-order valence-corrected chi connectivity index (χ2v) is 5.39. The molecule has 0 fully saturated rings. The van der Waals surface area contributed by atoms with Gasteiger partial charge >= 0.3 is 0 Å². The smallest absolute Gasteiger partial charge is 0.234 e. The number of nitrogens with two attached hydrogens (primary N) is 1. The summed E-state index contributed by atoms with van der Waals surface area (Å²) in [5, 5.41) is 2.72. The molecule has 0 saturated heterocycles. The molecule has 20 heavy (non-hydrogen) atoms. The lowest BCUT2D eigenvalue weighted by Crippen LogP contribution is -2.14. The van der Waals surface area contributed by atoms with Crippen LogP contribution in [0.1, 0.15) is 5.56 Å². The van der Waals surface area contributed by atoms with E-state index in [0.717, 1.165) is 10.5 Å². The van der Waals surface area contributed by atoms with E-state index < -0.39 is 0 Å². The van der Waals surface area contributed by atoms with Gasteiger partial charge in [-0.05, 0) is 48.9 Å². The number of hydrogen-bond donors (Lipinski definition) is 2. The molecule has 0 spiro atoms. The van der Waals surface area contributed by atoms with Gasteiger partial charge in [-0.25, -0.2) is 4.39 Å². The number of benzene rings is 2. The van der Waals surface area contributed by atoms with E-state index in [1.807, 2.05) is 25.1 Å². The Morgan fingerprint density at radius 3 is 2.65 bits per heavy atom. The van der Waals surface area contributed by atoms with Gasteiger partial charge in [-0.15, -0.1) is 11.8 Å². The Kier molecular flexibility index (Phi) is 4.63. The summed E-state index contributed by atoms with van der Waals surface area (Å²) in [6, 6.07) is 11.3. The molecule has 5 heteroatoms. The predicted octanol–water partition coefficient (Wildman–Crippen LogP) is 3.45. The van der Waals surface area contributed by atoms with Gasteiger partial charge in [0.15, 0.2) is 0 Å². The first-order chi connectivity index (χ1) is 9.54. The lowest BCUT2D eigenvalue weighted by atomic mass is 10.2. The zero-order valence-electron chi connectivity index (χ0n) is 11.0. The van der Waals surface area contributed by atoms with Gasteiger partial charge in [0.2, 0.25) is 5.91 Å². The molecule has 0 unspecified atom stereocenters. The highest BCUT2D eigenvalue weighted by Gasteiger charge is 2.06. The Balaban J connectivity index is 1.92. The van der Waals surface area contributed by atoms with Gasteiger partial charge < -0.3 is 11.1 Å². The SMILES string of the molecule is Cc1ccc(N)cc1SCC(=O)Nc1ccc(F)cc1. The van der Waals surface area contributed by atoms with Crippen molar-refractivity contribution in [1.82, 2.24) is 0 Å². The number of hydrogen-bond acceptors (Lipinski definition) is 3. The van der Waals surface area contributed by atoms with Gasteiger partial charge in [-0.2, -0.15) is 0 Å². The number of anilines is 2. The van der Waals surface area contributed by atoms with Gasteiger partial charge in [-0.3, -0.25) is 4.79 Å². The van der Waals surface area contributed by atoms with Crippen molar-refractivity contribution in [1.29, 1.82) is 0 Å². The summed E-state index contributed by atoms with van der Waals surface area (Å²) < 4.78 is 12.7. The van der Waals surface area contributed by atoms with E-state index in [2.05, 4.69) is 5.32 Å². The Labute approximate surface area is 121 Å². The molecule has 0 radical (unpaired) electrons. The van der Waals surface area contributed by atoms with Crippen molar-refractivity contribution in [3.63, 3.8) is 0 Å². The maximum Gasteiger partial charge on any atom is 0.234 e. The van der Waals surface area contributed by atoms with E-state index in [9.17, 15) is 9.18 Å². The zero-order valence-corrected chi connectivity index (χ0v) is 11.8. The van der Waals surface area contributed by atoms with Crippen LogP contribution in [0, 0.1) is 12.7 Å². The first-order valence-electron chi connectivity index (χ1n) is 6.09. The summed E-state index contributed by atoms with van der Waals surface area (Å²) in [6.07, 6.45) is 0. The molecule has 0 aliphatic heterocycles. The molecular weight excluding hydrogens is 275 g/mol. The van der Waals surface area contributed by atoms with Crippen LogP contribution in [0.5, 0.6) is 0 Å². The van der Waals surface area contributed by atoms with Crippen LogP contribution < -0.4 is 11.1 Å². The van der Waals surface area contributed by atoms with Crippen molar-refractivity contribution < 1.29 is 9.18 Å². The number of rotatable bonds is 4.